The van der Waals surface area contributed by atoms with Crippen molar-refractivity contribution in [2.45, 2.75) is 33.0 Å². The Morgan fingerprint density at radius 1 is 1.23 bits per heavy atom. The molecule has 1 aromatic heterocycles. The predicted molar refractivity (Wildman–Crippen MR) is 152 cm³/mol. The Kier molecular flexibility index (Phi) is 8.60. The molecule has 0 radical (unpaired) electrons. The van der Waals surface area contributed by atoms with Gasteiger partial charge in [-0.25, -0.2) is 9.37 Å². The van der Waals surface area contributed by atoms with E-state index < -0.39 is 11.9 Å². The van der Waals surface area contributed by atoms with Crippen LogP contribution in [0.4, 0.5) is 10.2 Å². The molecule has 2 heterocycles. The molecule has 0 aliphatic carbocycles. The van der Waals surface area contributed by atoms with Gasteiger partial charge in [0, 0.05) is 54.7 Å². The highest BCUT2D eigenvalue weighted by Crippen LogP contribution is 2.34. The zero-order chi connectivity index (χ0) is 27.9. The van der Waals surface area contributed by atoms with Crippen molar-refractivity contribution in [3.63, 3.8) is 0 Å². The Bertz CT molecular complexity index is 1430. The minimum Gasteiger partial charge on any atom is -0.482 e. The summed E-state index contributed by atoms with van der Waals surface area (Å²) in [5.74, 6) is 0.0157. The molecule has 0 amide bonds. The molecule has 6 N–H and O–H groups in total. The number of hydrogen-bond acceptors (Lipinski definition) is 8. The van der Waals surface area contributed by atoms with Gasteiger partial charge in [0.2, 0.25) is 5.90 Å². The Morgan fingerprint density at radius 2 is 2.00 bits per heavy atom. The first kappa shape index (κ1) is 27.4. The largest absolute Gasteiger partial charge is 0.482 e. The molecule has 202 valence electrons. The average molecular weight is 529 g/mol. The second-order valence-corrected chi connectivity index (χ2v) is 9.10. The highest BCUT2D eigenvalue weighted by molar-refractivity contribution is 6.13. The van der Waals surface area contributed by atoms with Crippen molar-refractivity contribution in [2.75, 3.05) is 19.3 Å². The first-order chi connectivity index (χ1) is 18.8. The van der Waals surface area contributed by atoms with E-state index in [-0.39, 0.29) is 30.5 Å². The van der Waals surface area contributed by atoms with Gasteiger partial charge in [0.1, 0.15) is 18.5 Å². The summed E-state index contributed by atoms with van der Waals surface area (Å²) in [6, 6.07) is 15.6. The number of pyridine rings is 1. The average Bonchev–Trinajstić information content (AvgIpc) is 2.94. The van der Waals surface area contributed by atoms with Crippen LogP contribution in [0.25, 0.3) is 5.70 Å². The lowest BCUT2D eigenvalue weighted by Crippen LogP contribution is -2.22. The molecule has 9 heteroatoms. The van der Waals surface area contributed by atoms with Crippen LogP contribution in [0.2, 0.25) is 0 Å². The number of hydrogen-bond donors (Lipinski definition) is 5. The summed E-state index contributed by atoms with van der Waals surface area (Å²) >= 11 is 0. The minimum atomic E-state index is -0.621. The summed E-state index contributed by atoms with van der Waals surface area (Å²) in [6.07, 6.45) is 2.89. The Hall–Kier alpha value is -4.66. The lowest BCUT2D eigenvalue weighted by molar-refractivity contribution is 0.227. The maximum atomic E-state index is 14.4. The molecule has 1 aliphatic heterocycles. The third kappa shape index (κ3) is 6.26. The lowest BCUT2D eigenvalue weighted by atomic mass is 9.90. The molecule has 0 fully saturated rings. The monoisotopic (exact) mass is 528 g/mol. The molecular weight excluding hydrogens is 495 g/mol. The van der Waals surface area contributed by atoms with Gasteiger partial charge in [0.25, 0.3) is 0 Å². The lowest BCUT2D eigenvalue weighted by Gasteiger charge is -2.24. The summed E-state index contributed by atoms with van der Waals surface area (Å²) < 4.78 is 26.5. The number of nitrogens with zero attached hydrogens (tertiary/aromatic N) is 1. The van der Waals surface area contributed by atoms with Gasteiger partial charge in [-0.1, -0.05) is 30.3 Å². The summed E-state index contributed by atoms with van der Waals surface area (Å²) in [5, 5.41) is 24.5. The SMILES string of the molecule is CCN/C1=C(\C(=N)OCc2ccccc2)C/C(=C/NC)C(=N)c2ccc(F)cc2C(C)Oc2cc1cnc2N. The molecule has 8 nitrogen and oxygen atoms in total. The summed E-state index contributed by atoms with van der Waals surface area (Å²) in [6.45, 7) is 4.51. The fourth-order valence-corrected chi connectivity index (χ4v) is 4.45. The van der Waals surface area contributed by atoms with Crippen molar-refractivity contribution in [1.82, 2.24) is 15.6 Å². The molecule has 0 saturated heterocycles. The summed E-state index contributed by atoms with van der Waals surface area (Å²) in [7, 11) is 1.75. The van der Waals surface area contributed by atoms with Gasteiger partial charge >= 0.3 is 0 Å². The van der Waals surface area contributed by atoms with Crippen molar-refractivity contribution in [2.24, 2.45) is 0 Å². The normalized spacial score (nSPS) is 18.3. The quantitative estimate of drug-likeness (QED) is 0.217. The highest BCUT2D eigenvalue weighted by Gasteiger charge is 2.25. The third-order valence-electron chi connectivity index (χ3n) is 6.36. The van der Waals surface area contributed by atoms with Gasteiger partial charge in [0.05, 0.1) is 11.4 Å². The van der Waals surface area contributed by atoms with Gasteiger partial charge in [0.15, 0.2) is 11.6 Å². The molecule has 1 aliphatic rings. The number of rotatable bonds is 6. The van der Waals surface area contributed by atoms with Crippen molar-refractivity contribution in [3.8, 4) is 5.75 Å². The van der Waals surface area contributed by atoms with Crippen LogP contribution in [0, 0.1) is 16.6 Å². The van der Waals surface area contributed by atoms with Crippen molar-refractivity contribution in [3.05, 3.63) is 106 Å². The first-order valence-electron chi connectivity index (χ1n) is 12.7. The number of benzene rings is 2. The molecule has 3 aromatic rings. The number of allylic oxidation sites excluding steroid dienone is 1. The zero-order valence-electron chi connectivity index (χ0n) is 22.3. The smallest absolute Gasteiger partial charge is 0.211 e. The maximum Gasteiger partial charge on any atom is 0.211 e. The highest BCUT2D eigenvalue weighted by atomic mass is 19.1. The van der Waals surface area contributed by atoms with Crippen molar-refractivity contribution >= 4 is 23.1 Å². The fraction of sp³-hybridized carbons (Fsp3) is 0.233. The van der Waals surface area contributed by atoms with E-state index >= 15 is 0 Å². The van der Waals surface area contributed by atoms with E-state index in [1.165, 1.54) is 12.1 Å². The molecule has 1 unspecified atom stereocenters. The van der Waals surface area contributed by atoms with Gasteiger partial charge in [-0.15, -0.1) is 0 Å². The van der Waals surface area contributed by atoms with Crippen molar-refractivity contribution in [1.29, 1.82) is 10.8 Å². The van der Waals surface area contributed by atoms with E-state index in [2.05, 4.69) is 15.6 Å². The number of nitrogens with one attached hydrogen (secondary N) is 4. The van der Waals surface area contributed by atoms with Crippen LogP contribution in [-0.4, -0.2) is 30.2 Å². The minimum absolute atomic E-state index is 0.0475. The van der Waals surface area contributed by atoms with Crippen LogP contribution in [0.1, 0.15) is 48.6 Å². The number of nitrogens with two attached hydrogens (primary N) is 1. The van der Waals surface area contributed by atoms with E-state index in [0.29, 0.717) is 45.8 Å². The predicted octanol–water partition coefficient (Wildman–Crippen LogP) is 5.33. The van der Waals surface area contributed by atoms with Gasteiger partial charge < -0.3 is 25.8 Å². The van der Waals surface area contributed by atoms with Gasteiger partial charge in [-0.05, 0) is 49.2 Å². The van der Waals surface area contributed by atoms with E-state index in [1.54, 1.807) is 38.5 Å². The van der Waals surface area contributed by atoms with Crippen LogP contribution >= 0.6 is 0 Å². The number of halogens is 1. The molecular formula is C30H33FN6O2. The number of ether oxygens (including phenoxy) is 2. The maximum absolute atomic E-state index is 14.4. The number of anilines is 1. The Balaban J connectivity index is 1.91. The second-order valence-electron chi connectivity index (χ2n) is 9.10. The second kappa shape index (κ2) is 12.3. The molecule has 0 spiro atoms. The van der Waals surface area contributed by atoms with Crippen LogP contribution in [0.15, 0.2) is 78.1 Å². The molecule has 39 heavy (non-hydrogen) atoms. The number of fused-ring (bicyclic) bond motifs is 3. The molecule has 1 atom stereocenters. The fourth-order valence-electron chi connectivity index (χ4n) is 4.45. The topological polar surface area (TPSA) is 129 Å². The third-order valence-corrected chi connectivity index (χ3v) is 6.36. The van der Waals surface area contributed by atoms with E-state index in [0.717, 1.165) is 5.56 Å². The summed E-state index contributed by atoms with van der Waals surface area (Å²) in [5.41, 5.74) is 10.6. The van der Waals surface area contributed by atoms with Crippen LogP contribution < -0.4 is 21.1 Å². The van der Waals surface area contributed by atoms with E-state index in [9.17, 15) is 4.39 Å². The first-order valence-corrected chi connectivity index (χ1v) is 12.7. The molecule has 2 bridgehead atoms. The van der Waals surface area contributed by atoms with Gasteiger partial charge in [-0.2, -0.15) is 0 Å². The van der Waals surface area contributed by atoms with Crippen molar-refractivity contribution < 1.29 is 13.9 Å². The van der Waals surface area contributed by atoms with Crippen LogP contribution in [0.3, 0.4) is 0 Å². The summed E-state index contributed by atoms with van der Waals surface area (Å²) in [4.78, 5) is 4.35. The van der Waals surface area contributed by atoms with Crippen LogP contribution in [-0.2, 0) is 11.3 Å². The molecule has 4 rings (SSSR count). The van der Waals surface area contributed by atoms with Gasteiger partial charge in [-0.3, -0.25) is 10.8 Å². The number of aromatic nitrogens is 1. The van der Waals surface area contributed by atoms with E-state index in [1.807, 2.05) is 37.3 Å². The Labute approximate surface area is 227 Å². The Morgan fingerprint density at radius 3 is 2.72 bits per heavy atom. The number of nitrogen functional groups attached to an aromatic ring is 1. The molecule has 0 saturated carbocycles. The zero-order valence-corrected chi connectivity index (χ0v) is 22.3. The van der Waals surface area contributed by atoms with E-state index in [4.69, 9.17) is 26.0 Å². The standard InChI is InChI=1S/C30H33FN6O2/c1-4-36-28-21-13-26(29(33)37-16-21)39-18(2)24-14-22(31)10-11-23(24)27(32)20(15-35-3)12-25(28)30(34)38-17-19-8-6-5-7-9-19/h5-11,13-16,18,32,34-36H,4,12,17H2,1-3H3,(H2,33,37)/b20-15-,28-25-,32-27?,34-30?. The van der Waals surface area contributed by atoms with Crippen LogP contribution in [0.5, 0.6) is 5.75 Å². The molecule has 2 aromatic carbocycles.